The van der Waals surface area contributed by atoms with Gasteiger partial charge >= 0.3 is 0 Å². The number of amides is 1. The minimum absolute atomic E-state index is 0.144. The molecule has 27 heavy (non-hydrogen) atoms. The third-order valence-electron chi connectivity index (χ3n) is 4.28. The average molecular weight is 369 g/mol. The summed E-state index contributed by atoms with van der Waals surface area (Å²) in [6.45, 7) is 2.71. The Kier molecular flexibility index (Phi) is 5.22. The highest BCUT2D eigenvalue weighted by atomic mass is 16.5. The summed E-state index contributed by atoms with van der Waals surface area (Å²) in [5, 5.41) is 6.77. The second kappa shape index (κ2) is 8.11. The fourth-order valence-electron chi connectivity index (χ4n) is 2.99. The summed E-state index contributed by atoms with van der Waals surface area (Å²) in [5.41, 5.74) is 0.835. The molecule has 0 bridgehead atoms. The fraction of sp³-hybridized carbons (Fsp3) is 0.333. The molecule has 4 rings (SSSR count). The van der Waals surface area contributed by atoms with Gasteiger partial charge in [0.1, 0.15) is 6.04 Å². The molecule has 1 aliphatic heterocycles. The van der Waals surface area contributed by atoms with Crippen molar-refractivity contribution in [3.8, 4) is 11.7 Å². The molecule has 1 N–H and O–H groups in total. The second-order valence-electron chi connectivity index (χ2n) is 6.05. The van der Waals surface area contributed by atoms with Crippen LogP contribution in [0.4, 0.5) is 0 Å². The van der Waals surface area contributed by atoms with Crippen LogP contribution in [0.5, 0.6) is 0 Å². The molecular weight excluding hydrogens is 350 g/mol. The molecule has 0 aliphatic carbocycles. The normalized spacial score (nSPS) is 16.1. The maximum absolute atomic E-state index is 12.9. The van der Waals surface area contributed by atoms with E-state index in [9.17, 15) is 4.79 Å². The third-order valence-corrected chi connectivity index (χ3v) is 4.28. The van der Waals surface area contributed by atoms with Gasteiger partial charge in [-0.1, -0.05) is 11.2 Å². The van der Waals surface area contributed by atoms with Gasteiger partial charge in [-0.3, -0.25) is 14.7 Å². The summed E-state index contributed by atoms with van der Waals surface area (Å²) in [6.07, 6.45) is 4.93. The maximum atomic E-state index is 12.9. The van der Waals surface area contributed by atoms with Crippen LogP contribution in [0.1, 0.15) is 17.4 Å². The van der Waals surface area contributed by atoms with E-state index in [1.807, 2.05) is 12.1 Å². The molecular formula is C18H19N5O4. The molecule has 3 aromatic heterocycles. The zero-order valence-corrected chi connectivity index (χ0v) is 14.6. The highest BCUT2D eigenvalue weighted by molar-refractivity contribution is 5.83. The van der Waals surface area contributed by atoms with Crippen LogP contribution in [-0.2, 0) is 16.1 Å². The lowest BCUT2D eigenvalue weighted by molar-refractivity contribution is -0.128. The van der Waals surface area contributed by atoms with Crippen LogP contribution in [-0.4, -0.2) is 52.2 Å². The van der Waals surface area contributed by atoms with Gasteiger partial charge in [-0.25, -0.2) is 0 Å². The quantitative estimate of drug-likeness (QED) is 0.695. The van der Waals surface area contributed by atoms with Gasteiger partial charge in [-0.15, -0.1) is 0 Å². The van der Waals surface area contributed by atoms with Gasteiger partial charge < -0.3 is 19.0 Å². The molecule has 1 unspecified atom stereocenters. The first kappa shape index (κ1) is 17.4. The van der Waals surface area contributed by atoms with Crippen molar-refractivity contribution in [2.24, 2.45) is 0 Å². The zero-order valence-electron chi connectivity index (χ0n) is 14.6. The second-order valence-corrected chi connectivity index (χ2v) is 6.05. The van der Waals surface area contributed by atoms with Crippen molar-refractivity contribution >= 4 is 5.91 Å². The Balaban J connectivity index is 1.45. The van der Waals surface area contributed by atoms with E-state index < -0.39 is 6.04 Å². The number of nitrogens with one attached hydrogen (secondary N) is 1. The van der Waals surface area contributed by atoms with Gasteiger partial charge in [0.15, 0.2) is 11.6 Å². The summed E-state index contributed by atoms with van der Waals surface area (Å²) in [4.78, 5) is 23.4. The lowest BCUT2D eigenvalue weighted by atomic mass is 10.1. The molecule has 3 aromatic rings. The minimum atomic E-state index is -0.445. The Morgan fingerprint density at radius 2 is 2.15 bits per heavy atom. The molecule has 1 saturated heterocycles. The molecule has 1 amide bonds. The van der Waals surface area contributed by atoms with Gasteiger partial charge in [0.2, 0.25) is 5.91 Å². The van der Waals surface area contributed by atoms with Crippen molar-refractivity contribution in [1.82, 2.24) is 25.3 Å². The Morgan fingerprint density at radius 1 is 1.26 bits per heavy atom. The SMILES string of the molecule is O=C(NCc1noc(-c2ccco2)n1)C(c1cccnc1)N1CCOCC1. The first-order valence-electron chi connectivity index (χ1n) is 8.67. The van der Waals surface area contributed by atoms with Crippen LogP contribution in [0.15, 0.2) is 51.9 Å². The molecule has 0 aromatic carbocycles. The molecule has 0 radical (unpaired) electrons. The van der Waals surface area contributed by atoms with Crippen molar-refractivity contribution in [3.63, 3.8) is 0 Å². The molecule has 0 saturated carbocycles. The predicted molar refractivity (Wildman–Crippen MR) is 93.2 cm³/mol. The molecule has 9 heteroatoms. The van der Waals surface area contributed by atoms with Crippen LogP contribution < -0.4 is 5.32 Å². The first-order chi connectivity index (χ1) is 13.3. The zero-order chi connectivity index (χ0) is 18.5. The van der Waals surface area contributed by atoms with Crippen molar-refractivity contribution < 1.29 is 18.5 Å². The van der Waals surface area contributed by atoms with E-state index in [4.69, 9.17) is 13.7 Å². The maximum Gasteiger partial charge on any atom is 0.293 e. The lowest BCUT2D eigenvalue weighted by Gasteiger charge is -2.33. The van der Waals surface area contributed by atoms with E-state index in [1.54, 1.807) is 24.5 Å². The van der Waals surface area contributed by atoms with Gasteiger partial charge in [0, 0.05) is 25.5 Å². The molecule has 4 heterocycles. The molecule has 0 spiro atoms. The number of nitrogens with zero attached hydrogens (tertiary/aromatic N) is 4. The van der Waals surface area contributed by atoms with Gasteiger partial charge in [0.05, 0.1) is 26.0 Å². The monoisotopic (exact) mass is 369 g/mol. The fourth-order valence-corrected chi connectivity index (χ4v) is 2.99. The number of ether oxygens (including phenoxy) is 1. The third kappa shape index (κ3) is 4.04. The summed E-state index contributed by atoms with van der Waals surface area (Å²) in [5.74, 6) is 0.999. The summed E-state index contributed by atoms with van der Waals surface area (Å²) in [7, 11) is 0. The molecule has 1 fully saturated rings. The van der Waals surface area contributed by atoms with Crippen LogP contribution in [0.25, 0.3) is 11.7 Å². The van der Waals surface area contributed by atoms with Gasteiger partial charge in [-0.05, 0) is 23.8 Å². The number of morpholine rings is 1. The topological polar surface area (TPSA) is 107 Å². The number of hydrogen-bond donors (Lipinski definition) is 1. The van der Waals surface area contributed by atoms with E-state index in [0.717, 1.165) is 5.56 Å². The summed E-state index contributed by atoms with van der Waals surface area (Å²) < 4.78 is 15.8. The van der Waals surface area contributed by atoms with E-state index in [1.165, 1.54) is 6.26 Å². The number of carbonyl (C=O) groups excluding carboxylic acids is 1. The molecule has 1 atom stereocenters. The van der Waals surface area contributed by atoms with Gasteiger partial charge in [-0.2, -0.15) is 4.98 Å². The Bertz CT molecular complexity index is 859. The highest BCUT2D eigenvalue weighted by Crippen LogP contribution is 2.22. The van der Waals surface area contributed by atoms with Crippen LogP contribution in [0.3, 0.4) is 0 Å². The van der Waals surface area contributed by atoms with Crippen LogP contribution in [0.2, 0.25) is 0 Å². The highest BCUT2D eigenvalue weighted by Gasteiger charge is 2.29. The number of carbonyl (C=O) groups is 1. The molecule has 9 nitrogen and oxygen atoms in total. The number of hydrogen-bond acceptors (Lipinski definition) is 8. The van der Waals surface area contributed by atoms with Gasteiger partial charge in [0.25, 0.3) is 5.89 Å². The predicted octanol–water partition coefficient (Wildman–Crippen LogP) is 1.41. The summed E-state index contributed by atoms with van der Waals surface area (Å²) >= 11 is 0. The molecule has 140 valence electrons. The Labute approximate surface area is 155 Å². The van der Waals surface area contributed by atoms with E-state index in [0.29, 0.717) is 37.9 Å². The largest absolute Gasteiger partial charge is 0.459 e. The van der Waals surface area contributed by atoms with Crippen molar-refractivity contribution in [1.29, 1.82) is 0 Å². The Morgan fingerprint density at radius 3 is 2.89 bits per heavy atom. The minimum Gasteiger partial charge on any atom is -0.459 e. The number of aromatic nitrogens is 3. The van der Waals surface area contributed by atoms with Crippen molar-refractivity contribution in [2.45, 2.75) is 12.6 Å². The summed E-state index contributed by atoms with van der Waals surface area (Å²) in [6, 6.07) is 6.74. The number of pyridine rings is 1. The van der Waals surface area contributed by atoms with E-state index in [2.05, 4.69) is 25.3 Å². The average Bonchev–Trinajstić information content (AvgIpc) is 3.40. The van der Waals surface area contributed by atoms with E-state index in [-0.39, 0.29) is 18.3 Å². The molecule has 1 aliphatic rings. The van der Waals surface area contributed by atoms with E-state index >= 15 is 0 Å². The van der Waals surface area contributed by atoms with Crippen LogP contribution in [0, 0.1) is 0 Å². The number of rotatable bonds is 6. The van der Waals surface area contributed by atoms with Crippen molar-refractivity contribution in [2.75, 3.05) is 26.3 Å². The first-order valence-corrected chi connectivity index (χ1v) is 8.67. The number of furan rings is 1. The van der Waals surface area contributed by atoms with Crippen LogP contribution >= 0.6 is 0 Å². The standard InChI is InChI=1S/C18H19N5O4/c24-17(20-12-15-21-18(27-22-15)14-4-2-8-26-14)16(13-3-1-5-19-11-13)23-6-9-25-10-7-23/h1-5,8,11,16H,6-7,9-10,12H2,(H,20,24). The van der Waals surface area contributed by atoms with Crippen molar-refractivity contribution in [3.05, 3.63) is 54.3 Å². The lowest BCUT2D eigenvalue weighted by Crippen LogP contribution is -2.45. The smallest absolute Gasteiger partial charge is 0.293 e. The Hall–Kier alpha value is -3.04.